The van der Waals surface area contributed by atoms with Gasteiger partial charge in [-0.3, -0.25) is 9.36 Å². The fraction of sp³-hybridized carbons (Fsp3) is 0.182. The summed E-state index contributed by atoms with van der Waals surface area (Å²) in [4.78, 5) is 11.2. The number of rotatable bonds is 4. The molecule has 1 aromatic heterocycles. The fourth-order valence-corrected chi connectivity index (χ4v) is 2.09. The van der Waals surface area contributed by atoms with Crippen LogP contribution in [0, 0.1) is 0 Å². The zero-order valence-corrected chi connectivity index (χ0v) is 10.1. The lowest BCUT2D eigenvalue weighted by Gasteiger charge is -2.05. The summed E-state index contributed by atoms with van der Waals surface area (Å²) in [6.45, 7) is 0. The number of amides is 1. The first-order chi connectivity index (χ1) is 8.31. The second-order valence-electron chi connectivity index (χ2n) is 3.28. The van der Waals surface area contributed by atoms with Crippen molar-refractivity contribution in [3.05, 3.63) is 36.7 Å². The van der Waals surface area contributed by atoms with Gasteiger partial charge in [0.2, 0.25) is 5.91 Å². The molecule has 0 aliphatic rings. The molecule has 0 fully saturated rings. The van der Waals surface area contributed by atoms with Gasteiger partial charge in [0.1, 0.15) is 6.33 Å². The Morgan fingerprint density at radius 1 is 1.41 bits per heavy atom. The smallest absolute Gasteiger partial charge is 0.230 e. The van der Waals surface area contributed by atoms with Gasteiger partial charge in [-0.15, -0.1) is 10.2 Å². The lowest BCUT2D eigenvalue weighted by molar-refractivity contribution is -0.118. The molecule has 1 amide bonds. The van der Waals surface area contributed by atoms with Crippen molar-refractivity contribution in [3.63, 3.8) is 0 Å². The van der Waals surface area contributed by atoms with Crippen LogP contribution < -0.4 is 5.32 Å². The van der Waals surface area contributed by atoms with Crippen molar-refractivity contribution in [2.75, 3.05) is 12.8 Å². The number of carbonyl (C=O) groups excluding carboxylic acids is 1. The van der Waals surface area contributed by atoms with E-state index in [2.05, 4.69) is 15.5 Å². The molecular formula is C11H12N4OS. The first-order valence-corrected chi connectivity index (χ1v) is 6.08. The predicted molar refractivity (Wildman–Crippen MR) is 66.1 cm³/mol. The maximum absolute atomic E-state index is 11.2. The Kier molecular flexibility index (Phi) is 3.77. The number of benzene rings is 1. The van der Waals surface area contributed by atoms with E-state index in [1.165, 1.54) is 11.8 Å². The van der Waals surface area contributed by atoms with E-state index in [0.717, 1.165) is 5.69 Å². The molecular weight excluding hydrogens is 236 g/mol. The van der Waals surface area contributed by atoms with E-state index in [9.17, 15) is 4.79 Å². The van der Waals surface area contributed by atoms with Gasteiger partial charge in [0.05, 0.1) is 5.75 Å². The van der Waals surface area contributed by atoms with Crippen molar-refractivity contribution in [1.29, 1.82) is 0 Å². The monoisotopic (exact) mass is 248 g/mol. The van der Waals surface area contributed by atoms with Gasteiger partial charge in [-0.25, -0.2) is 0 Å². The minimum atomic E-state index is -0.0300. The van der Waals surface area contributed by atoms with Gasteiger partial charge in [-0.05, 0) is 12.1 Å². The largest absolute Gasteiger partial charge is 0.358 e. The highest BCUT2D eigenvalue weighted by Crippen LogP contribution is 2.18. The Hall–Kier alpha value is -1.82. The van der Waals surface area contributed by atoms with Crippen LogP contribution in [0.2, 0.25) is 0 Å². The summed E-state index contributed by atoms with van der Waals surface area (Å²) in [6, 6.07) is 9.77. The average molecular weight is 248 g/mol. The van der Waals surface area contributed by atoms with Crippen molar-refractivity contribution in [2.24, 2.45) is 0 Å². The zero-order valence-electron chi connectivity index (χ0n) is 9.33. The molecule has 1 heterocycles. The van der Waals surface area contributed by atoms with Crippen LogP contribution in [0.1, 0.15) is 0 Å². The van der Waals surface area contributed by atoms with Crippen LogP contribution >= 0.6 is 11.8 Å². The van der Waals surface area contributed by atoms with Gasteiger partial charge in [-0.2, -0.15) is 0 Å². The Morgan fingerprint density at radius 3 is 2.88 bits per heavy atom. The number of para-hydroxylation sites is 1. The van der Waals surface area contributed by atoms with Crippen molar-refractivity contribution in [2.45, 2.75) is 5.16 Å². The summed E-state index contributed by atoms with van der Waals surface area (Å²) in [6.07, 6.45) is 1.64. The normalized spacial score (nSPS) is 10.2. The number of nitrogens with one attached hydrogen (secondary N) is 1. The molecule has 88 valence electrons. The molecule has 6 heteroatoms. The van der Waals surface area contributed by atoms with Crippen LogP contribution in [0.25, 0.3) is 5.69 Å². The Bertz CT molecular complexity index is 497. The quantitative estimate of drug-likeness (QED) is 0.823. The third kappa shape index (κ3) is 2.85. The highest BCUT2D eigenvalue weighted by molar-refractivity contribution is 7.99. The molecule has 0 unspecified atom stereocenters. The van der Waals surface area contributed by atoms with Crippen molar-refractivity contribution >= 4 is 17.7 Å². The Labute approximate surface area is 103 Å². The molecule has 0 radical (unpaired) electrons. The summed E-state index contributed by atoms with van der Waals surface area (Å²) in [5.41, 5.74) is 0.983. The molecule has 1 aromatic carbocycles. The number of carbonyl (C=O) groups is 1. The minimum absolute atomic E-state index is 0.0300. The van der Waals surface area contributed by atoms with Gasteiger partial charge in [-0.1, -0.05) is 30.0 Å². The maximum Gasteiger partial charge on any atom is 0.230 e. The van der Waals surface area contributed by atoms with Gasteiger partial charge >= 0.3 is 0 Å². The van der Waals surface area contributed by atoms with Crippen LogP contribution in [-0.2, 0) is 4.79 Å². The van der Waals surface area contributed by atoms with Crippen molar-refractivity contribution < 1.29 is 4.79 Å². The summed E-state index contributed by atoms with van der Waals surface area (Å²) in [5.74, 6) is 0.305. The number of thioether (sulfide) groups is 1. The van der Waals surface area contributed by atoms with Gasteiger partial charge in [0.25, 0.3) is 0 Å². The fourth-order valence-electron chi connectivity index (χ4n) is 1.29. The third-order valence-corrected chi connectivity index (χ3v) is 3.11. The van der Waals surface area contributed by atoms with E-state index < -0.39 is 0 Å². The van der Waals surface area contributed by atoms with Crippen LogP contribution in [0.4, 0.5) is 0 Å². The third-order valence-electron chi connectivity index (χ3n) is 2.16. The average Bonchev–Trinajstić information content (AvgIpc) is 2.85. The summed E-state index contributed by atoms with van der Waals surface area (Å²) in [7, 11) is 1.62. The van der Waals surface area contributed by atoms with Gasteiger partial charge in [0, 0.05) is 12.7 Å². The molecule has 1 N–H and O–H groups in total. The Morgan fingerprint density at radius 2 is 2.18 bits per heavy atom. The minimum Gasteiger partial charge on any atom is -0.358 e. The zero-order chi connectivity index (χ0) is 12.1. The molecule has 0 bridgehead atoms. The molecule has 0 atom stereocenters. The predicted octanol–water partition coefficient (Wildman–Crippen LogP) is 1.11. The molecule has 2 aromatic rings. The molecule has 17 heavy (non-hydrogen) atoms. The molecule has 0 aliphatic carbocycles. The lowest BCUT2D eigenvalue weighted by Crippen LogP contribution is -2.20. The van der Waals surface area contributed by atoms with E-state index in [0.29, 0.717) is 10.9 Å². The summed E-state index contributed by atoms with van der Waals surface area (Å²) >= 11 is 1.36. The molecule has 5 nitrogen and oxygen atoms in total. The summed E-state index contributed by atoms with van der Waals surface area (Å²) in [5, 5.41) is 11.1. The number of aromatic nitrogens is 3. The molecule has 0 aliphatic heterocycles. The van der Waals surface area contributed by atoms with Crippen LogP contribution in [0.3, 0.4) is 0 Å². The molecule has 0 saturated carbocycles. The highest BCUT2D eigenvalue weighted by Gasteiger charge is 2.08. The molecule has 0 saturated heterocycles. The van der Waals surface area contributed by atoms with E-state index in [-0.39, 0.29) is 5.91 Å². The number of nitrogens with zero attached hydrogens (tertiary/aromatic N) is 3. The first-order valence-electron chi connectivity index (χ1n) is 5.10. The molecule has 2 rings (SSSR count). The SMILES string of the molecule is CNC(=O)CSc1nncn1-c1ccccc1. The van der Waals surface area contributed by atoms with E-state index in [1.807, 2.05) is 34.9 Å². The topological polar surface area (TPSA) is 59.8 Å². The first kappa shape index (κ1) is 11.7. The standard InChI is InChI=1S/C11H12N4OS/c1-12-10(16)7-17-11-14-13-8-15(11)9-5-3-2-4-6-9/h2-6,8H,7H2,1H3,(H,12,16). The number of hydrogen-bond donors (Lipinski definition) is 1. The Balaban J connectivity index is 2.15. The van der Waals surface area contributed by atoms with E-state index >= 15 is 0 Å². The lowest BCUT2D eigenvalue weighted by atomic mass is 10.3. The number of hydrogen-bond acceptors (Lipinski definition) is 4. The van der Waals surface area contributed by atoms with Gasteiger partial charge < -0.3 is 5.32 Å². The second kappa shape index (κ2) is 5.49. The van der Waals surface area contributed by atoms with Crippen LogP contribution in [-0.4, -0.2) is 33.5 Å². The van der Waals surface area contributed by atoms with Crippen LogP contribution in [0.15, 0.2) is 41.8 Å². The van der Waals surface area contributed by atoms with E-state index in [4.69, 9.17) is 0 Å². The summed E-state index contributed by atoms with van der Waals surface area (Å²) < 4.78 is 1.85. The highest BCUT2D eigenvalue weighted by atomic mass is 32.2. The van der Waals surface area contributed by atoms with Crippen molar-refractivity contribution in [3.8, 4) is 5.69 Å². The van der Waals surface area contributed by atoms with Gasteiger partial charge in [0.15, 0.2) is 5.16 Å². The maximum atomic E-state index is 11.2. The van der Waals surface area contributed by atoms with E-state index in [1.54, 1.807) is 13.4 Å². The van der Waals surface area contributed by atoms with Crippen LogP contribution in [0.5, 0.6) is 0 Å². The second-order valence-corrected chi connectivity index (χ2v) is 4.22. The molecule has 0 spiro atoms. The van der Waals surface area contributed by atoms with Crippen molar-refractivity contribution in [1.82, 2.24) is 20.1 Å².